The Hall–Kier alpha value is -2.78. The van der Waals surface area contributed by atoms with Crippen LogP contribution >= 0.6 is 22.7 Å². The van der Waals surface area contributed by atoms with Crippen molar-refractivity contribution in [2.45, 2.75) is 32.2 Å². The van der Waals surface area contributed by atoms with Crippen LogP contribution in [-0.4, -0.2) is 54.8 Å². The van der Waals surface area contributed by atoms with Gasteiger partial charge < -0.3 is 20.5 Å². The van der Waals surface area contributed by atoms with Gasteiger partial charge in [0.15, 0.2) is 0 Å². The van der Waals surface area contributed by atoms with E-state index < -0.39 is 0 Å². The van der Waals surface area contributed by atoms with Crippen LogP contribution in [0, 0.1) is 0 Å². The van der Waals surface area contributed by atoms with Crippen LogP contribution in [0.2, 0.25) is 0 Å². The summed E-state index contributed by atoms with van der Waals surface area (Å²) in [5, 5.41) is 11.4. The number of imidazole rings is 1. The molecule has 1 aliphatic heterocycles. The zero-order valence-electron chi connectivity index (χ0n) is 21.0. The Kier molecular flexibility index (Phi) is 7.96. The number of aromatic nitrogens is 2. The predicted octanol–water partition coefficient (Wildman–Crippen LogP) is 6.37. The highest BCUT2D eigenvalue weighted by Gasteiger charge is 2.21. The molecule has 3 N–H and O–H groups in total. The summed E-state index contributed by atoms with van der Waals surface area (Å²) in [6.45, 7) is 10.1. The number of fused-ring (bicyclic) bond motifs is 1. The number of likely N-dealkylation sites (N-methyl/N-ethyl adjacent to an activating group) is 1. The van der Waals surface area contributed by atoms with Crippen LogP contribution in [-0.2, 0) is 0 Å². The van der Waals surface area contributed by atoms with Crippen molar-refractivity contribution in [2.75, 3.05) is 33.2 Å². The molecule has 4 heterocycles. The lowest BCUT2D eigenvalue weighted by molar-refractivity contribution is 0.338. The van der Waals surface area contributed by atoms with Crippen LogP contribution < -0.4 is 10.6 Å². The number of nitrogens with one attached hydrogen (secondary N) is 3. The molecular weight excluding hydrogens is 484 g/mol. The zero-order chi connectivity index (χ0) is 24.9. The largest absolute Gasteiger partial charge is 0.388 e. The molecule has 0 spiro atoms. The van der Waals surface area contributed by atoms with Crippen LogP contribution in [0.15, 0.2) is 52.4 Å². The van der Waals surface area contributed by atoms with E-state index in [-0.39, 0.29) is 0 Å². The highest BCUT2D eigenvalue weighted by Crippen LogP contribution is 2.44. The summed E-state index contributed by atoms with van der Waals surface area (Å²) in [5.74, 6) is 1.05. The molecule has 8 heteroatoms. The molecule has 1 aromatic carbocycles. The van der Waals surface area contributed by atoms with Gasteiger partial charge in [0.2, 0.25) is 0 Å². The van der Waals surface area contributed by atoms with E-state index in [0.717, 1.165) is 55.4 Å². The van der Waals surface area contributed by atoms with E-state index in [9.17, 15) is 0 Å². The van der Waals surface area contributed by atoms with E-state index in [2.05, 4.69) is 86.2 Å². The molecule has 5 rings (SSSR count). The molecule has 1 saturated heterocycles. The smallest absolute Gasteiger partial charge is 0.123 e. The fraction of sp³-hybridized carbons (Fsp3) is 0.357. The zero-order valence-corrected chi connectivity index (χ0v) is 22.6. The fourth-order valence-corrected chi connectivity index (χ4v) is 7.18. The molecule has 36 heavy (non-hydrogen) atoms. The van der Waals surface area contributed by atoms with Crippen molar-refractivity contribution in [1.29, 1.82) is 0 Å². The summed E-state index contributed by atoms with van der Waals surface area (Å²) in [7, 11) is 2.15. The van der Waals surface area contributed by atoms with Gasteiger partial charge in [0.25, 0.3) is 0 Å². The number of hydrogen-bond acceptors (Lipinski definition) is 7. The third kappa shape index (κ3) is 5.32. The molecule has 0 saturated carbocycles. The second-order valence-electron chi connectivity index (χ2n) is 9.31. The molecule has 188 valence electrons. The summed E-state index contributed by atoms with van der Waals surface area (Å²) in [5.41, 5.74) is 6.78. The van der Waals surface area contributed by atoms with Crippen LogP contribution in [0.1, 0.15) is 43.6 Å². The van der Waals surface area contributed by atoms with Crippen molar-refractivity contribution in [1.82, 2.24) is 25.5 Å². The Balaban J connectivity index is 1.30. The Morgan fingerprint density at radius 1 is 1.19 bits per heavy atom. The molecule has 1 fully saturated rings. The minimum absolute atomic E-state index is 0.354. The second kappa shape index (κ2) is 11.5. The standard InChI is InChI=1S/C28H34N6S2/c1-4-13-34(3)14-12-30-15-24(29-2)20-9-7-19(8-10-20)21-17-35-27-22(18-36-26(21)27)25-16-32-28(33-25)23-6-5-11-31-23/h7-10,15-18,23,30-31H,2,4-6,11-14H2,1,3H3,(H,32,33)/b24-15-. The minimum atomic E-state index is 0.354. The summed E-state index contributed by atoms with van der Waals surface area (Å²) < 4.78 is 2.65. The lowest BCUT2D eigenvalue weighted by Crippen LogP contribution is -2.27. The highest BCUT2D eigenvalue weighted by atomic mass is 32.1. The van der Waals surface area contributed by atoms with Crippen molar-refractivity contribution in [3.8, 4) is 22.4 Å². The Bertz CT molecular complexity index is 1320. The maximum atomic E-state index is 4.67. The molecule has 0 amide bonds. The van der Waals surface area contributed by atoms with Gasteiger partial charge in [-0.15, -0.1) is 22.7 Å². The predicted molar refractivity (Wildman–Crippen MR) is 156 cm³/mol. The number of benzene rings is 1. The number of thiophene rings is 2. The first-order chi connectivity index (χ1) is 17.7. The van der Waals surface area contributed by atoms with Gasteiger partial charge in [-0.25, -0.2) is 4.98 Å². The number of nitrogens with zero attached hydrogens (tertiary/aromatic N) is 3. The molecule has 0 bridgehead atoms. The SMILES string of the molecule is C=N/C(=C\NCCN(C)CCC)c1ccc(-c2csc3c(-c4cnc(C5CCCN5)[nH]4)csc23)cc1. The Morgan fingerprint density at radius 3 is 2.69 bits per heavy atom. The molecule has 6 nitrogen and oxygen atoms in total. The number of rotatable bonds is 11. The van der Waals surface area contributed by atoms with Crippen molar-refractivity contribution in [3.05, 3.63) is 58.8 Å². The van der Waals surface area contributed by atoms with Crippen molar-refractivity contribution < 1.29 is 0 Å². The summed E-state index contributed by atoms with van der Waals surface area (Å²) >= 11 is 3.61. The third-order valence-corrected chi connectivity index (χ3v) is 8.86. The molecule has 1 aliphatic rings. The average Bonchev–Trinajstić information content (AvgIpc) is 3.69. The lowest BCUT2D eigenvalue weighted by atomic mass is 10.0. The maximum Gasteiger partial charge on any atom is 0.123 e. The Labute approximate surface area is 221 Å². The second-order valence-corrected chi connectivity index (χ2v) is 11.1. The van der Waals surface area contributed by atoms with Crippen molar-refractivity contribution >= 4 is 44.5 Å². The lowest BCUT2D eigenvalue weighted by Gasteiger charge is -2.15. The normalized spacial score (nSPS) is 16.3. The van der Waals surface area contributed by atoms with Gasteiger partial charge in [0, 0.05) is 46.7 Å². The van der Waals surface area contributed by atoms with E-state index in [1.54, 1.807) is 22.7 Å². The van der Waals surface area contributed by atoms with Gasteiger partial charge in [-0.1, -0.05) is 31.2 Å². The number of aliphatic imine (C=N–C) groups is 1. The first-order valence-corrected chi connectivity index (χ1v) is 14.4. The van der Waals surface area contributed by atoms with Gasteiger partial charge in [0.1, 0.15) is 5.82 Å². The van der Waals surface area contributed by atoms with Crippen LogP contribution in [0.3, 0.4) is 0 Å². The van der Waals surface area contributed by atoms with Crippen LogP contribution in [0.25, 0.3) is 37.5 Å². The summed E-state index contributed by atoms with van der Waals surface area (Å²) in [4.78, 5) is 14.8. The third-order valence-electron chi connectivity index (χ3n) is 6.70. The number of aromatic amines is 1. The van der Waals surface area contributed by atoms with Gasteiger partial charge >= 0.3 is 0 Å². The van der Waals surface area contributed by atoms with Crippen molar-refractivity contribution in [2.24, 2.45) is 4.99 Å². The monoisotopic (exact) mass is 518 g/mol. The van der Waals surface area contributed by atoms with Gasteiger partial charge in [-0.2, -0.15) is 0 Å². The number of H-pyrrole nitrogens is 1. The quantitative estimate of drug-likeness (QED) is 0.159. The Morgan fingerprint density at radius 2 is 1.97 bits per heavy atom. The minimum Gasteiger partial charge on any atom is -0.388 e. The fourth-order valence-electron chi connectivity index (χ4n) is 4.73. The summed E-state index contributed by atoms with van der Waals surface area (Å²) in [6.07, 6.45) is 7.48. The van der Waals surface area contributed by atoms with E-state index in [1.807, 2.05) is 12.4 Å². The number of hydrogen-bond donors (Lipinski definition) is 3. The van der Waals surface area contributed by atoms with Crippen LogP contribution in [0.5, 0.6) is 0 Å². The molecule has 0 aliphatic carbocycles. The van der Waals surface area contributed by atoms with Gasteiger partial charge in [0.05, 0.1) is 33.0 Å². The van der Waals surface area contributed by atoms with Crippen LogP contribution in [0.4, 0.5) is 0 Å². The average molecular weight is 519 g/mol. The molecule has 1 atom stereocenters. The van der Waals surface area contributed by atoms with E-state index in [0.29, 0.717) is 6.04 Å². The maximum absolute atomic E-state index is 4.67. The van der Waals surface area contributed by atoms with Gasteiger partial charge in [-0.05, 0) is 51.7 Å². The molecule has 3 aromatic heterocycles. The van der Waals surface area contributed by atoms with E-state index in [1.165, 1.54) is 38.9 Å². The first-order valence-electron chi connectivity index (χ1n) is 12.6. The molecule has 1 unspecified atom stereocenters. The topological polar surface area (TPSA) is 68.3 Å². The molecule has 0 radical (unpaired) electrons. The summed E-state index contributed by atoms with van der Waals surface area (Å²) in [6, 6.07) is 8.99. The molecular formula is C28H34N6S2. The van der Waals surface area contributed by atoms with E-state index >= 15 is 0 Å². The van der Waals surface area contributed by atoms with Gasteiger partial charge in [-0.3, -0.25) is 4.99 Å². The molecule has 4 aromatic rings. The first kappa shape index (κ1) is 24.9. The van der Waals surface area contributed by atoms with E-state index in [4.69, 9.17) is 0 Å². The highest BCUT2D eigenvalue weighted by molar-refractivity contribution is 7.27. The van der Waals surface area contributed by atoms with Crippen molar-refractivity contribution in [3.63, 3.8) is 0 Å².